The van der Waals surface area contributed by atoms with Gasteiger partial charge in [-0.05, 0) is 35.7 Å². The number of nitrogens with one attached hydrogen (secondary N) is 1. The topological polar surface area (TPSA) is 100 Å². The summed E-state index contributed by atoms with van der Waals surface area (Å²) in [4.78, 5) is 12.4. The molecule has 0 saturated carbocycles. The van der Waals surface area contributed by atoms with Crippen LogP contribution in [0.2, 0.25) is 0 Å². The van der Waals surface area contributed by atoms with E-state index in [2.05, 4.69) is 15.6 Å². The van der Waals surface area contributed by atoms with Crippen molar-refractivity contribution >= 4 is 11.6 Å². The van der Waals surface area contributed by atoms with Crippen LogP contribution in [-0.4, -0.2) is 31.1 Å². The van der Waals surface area contributed by atoms with Crippen LogP contribution in [0.15, 0.2) is 48.5 Å². The summed E-state index contributed by atoms with van der Waals surface area (Å²) >= 11 is 0. The molecule has 0 spiro atoms. The van der Waals surface area contributed by atoms with Gasteiger partial charge in [-0.15, -0.1) is 5.10 Å². The summed E-state index contributed by atoms with van der Waals surface area (Å²) in [5.74, 6) is -0.217. The van der Waals surface area contributed by atoms with Gasteiger partial charge in [0.05, 0.1) is 37.6 Å². The number of anilines is 1. The molecule has 1 aromatic heterocycles. The molecule has 1 heterocycles. The van der Waals surface area contributed by atoms with E-state index >= 15 is 0 Å². The number of aromatic nitrogens is 3. The highest BCUT2D eigenvalue weighted by Gasteiger charge is 2.14. The van der Waals surface area contributed by atoms with Crippen LogP contribution in [0.1, 0.15) is 28.1 Å². The second-order valence-electron chi connectivity index (χ2n) is 6.29. The van der Waals surface area contributed by atoms with Crippen molar-refractivity contribution in [2.24, 2.45) is 0 Å². The number of hydrogen-bond acceptors (Lipinski definition) is 5. The molecule has 3 aromatic rings. The molecular weight excluding hydrogens is 344 g/mol. The van der Waals surface area contributed by atoms with E-state index in [-0.39, 0.29) is 25.5 Å². The first-order valence-electron chi connectivity index (χ1n) is 8.67. The predicted octanol–water partition coefficient (Wildman–Crippen LogP) is 1.80. The van der Waals surface area contributed by atoms with Gasteiger partial charge in [0.25, 0.3) is 0 Å². The van der Waals surface area contributed by atoms with Gasteiger partial charge in [0.1, 0.15) is 0 Å². The molecular formula is C20H22N4O3. The third-order valence-electron chi connectivity index (χ3n) is 4.41. The van der Waals surface area contributed by atoms with Crippen LogP contribution < -0.4 is 5.32 Å². The number of benzene rings is 2. The van der Waals surface area contributed by atoms with E-state index in [1.807, 2.05) is 37.3 Å². The Morgan fingerprint density at radius 3 is 2.52 bits per heavy atom. The number of aliphatic hydroxyl groups excluding tert-OH is 2. The van der Waals surface area contributed by atoms with Crippen LogP contribution in [0.4, 0.5) is 5.69 Å². The molecule has 0 atom stereocenters. The van der Waals surface area contributed by atoms with Gasteiger partial charge in [0, 0.05) is 5.69 Å². The Hall–Kier alpha value is -3.03. The van der Waals surface area contributed by atoms with Crippen LogP contribution in [0, 0.1) is 6.92 Å². The maximum absolute atomic E-state index is 12.4. The number of aliphatic hydroxyl groups is 2. The fraction of sp³-hybridized carbons (Fsp3) is 0.250. The Morgan fingerprint density at radius 2 is 1.81 bits per heavy atom. The Labute approximate surface area is 157 Å². The smallest absolute Gasteiger partial charge is 0.230 e. The molecule has 7 heteroatoms. The summed E-state index contributed by atoms with van der Waals surface area (Å²) in [6.45, 7) is 2.13. The molecule has 7 nitrogen and oxygen atoms in total. The molecule has 2 aromatic carbocycles. The van der Waals surface area contributed by atoms with Crippen LogP contribution in [0.5, 0.6) is 0 Å². The van der Waals surface area contributed by atoms with Gasteiger partial charge >= 0.3 is 0 Å². The van der Waals surface area contributed by atoms with E-state index in [1.165, 1.54) is 0 Å². The van der Waals surface area contributed by atoms with Crippen molar-refractivity contribution in [3.05, 3.63) is 76.6 Å². The van der Waals surface area contributed by atoms with Crippen LogP contribution in [-0.2, 0) is 31.0 Å². The fourth-order valence-electron chi connectivity index (χ4n) is 2.83. The SMILES string of the molecule is Cc1c(CC(=O)Nc2ccc(CO)c(CO)c2)nnn1Cc1ccccc1. The molecule has 3 N–H and O–H groups in total. The van der Waals surface area contributed by atoms with E-state index in [1.54, 1.807) is 22.9 Å². The average Bonchev–Trinajstić information content (AvgIpc) is 3.02. The Morgan fingerprint density at radius 1 is 1.07 bits per heavy atom. The zero-order valence-corrected chi connectivity index (χ0v) is 15.1. The molecule has 140 valence electrons. The maximum Gasteiger partial charge on any atom is 0.230 e. The maximum atomic E-state index is 12.4. The summed E-state index contributed by atoms with van der Waals surface area (Å²) in [6, 6.07) is 15.0. The highest BCUT2D eigenvalue weighted by Crippen LogP contribution is 2.17. The number of nitrogens with zero attached hydrogens (tertiary/aromatic N) is 3. The molecule has 0 bridgehead atoms. The standard InChI is InChI=1S/C20H22N4O3/c1-14-19(22-23-24(14)11-15-5-3-2-4-6-15)10-20(27)21-18-8-7-16(12-25)17(9-18)13-26/h2-9,25-26H,10-13H2,1H3,(H,21,27). The van der Waals surface area contributed by atoms with Gasteiger partial charge < -0.3 is 15.5 Å². The third kappa shape index (κ3) is 4.58. The number of amides is 1. The second-order valence-corrected chi connectivity index (χ2v) is 6.29. The number of carbonyl (C=O) groups excluding carboxylic acids is 1. The Bertz CT molecular complexity index is 922. The largest absolute Gasteiger partial charge is 0.392 e. The summed E-state index contributed by atoms with van der Waals surface area (Å²) in [6.07, 6.45) is 0.108. The normalized spacial score (nSPS) is 10.8. The highest BCUT2D eigenvalue weighted by molar-refractivity contribution is 5.92. The van der Waals surface area contributed by atoms with E-state index in [0.717, 1.165) is 11.3 Å². The van der Waals surface area contributed by atoms with Crippen LogP contribution >= 0.6 is 0 Å². The molecule has 3 rings (SSSR count). The predicted molar refractivity (Wildman–Crippen MR) is 101 cm³/mol. The number of rotatable bonds is 7. The lowest BCUT2D eigenvalue weighted by Gasteiger charge is -2.09. The number of hydrogen-bond donors (Lipinski definition) is 3. The van der Waals surface area contributed by atoms with Gasteiger partial charge in [0.2, 0.25) is 5.91 Å². The lowest BCUT2D eigenvalue weighted by atomic mass is 10.1. The van der Waals surface area contributed by atoms with Crippen molar-refractivity contribution in [3.63, 3.8) is 0 Å². The van der Waals surface area contributed by atoms with Crippen LogP contribution in [0.25, 0.3) is 0 Å². The Balaban J connectivity index is 1.66. The van der Waals surface area contributed by atoms with E-state index in [4.69, 9.17) is 0 Å². The number of carbonyl (C=O) groups is 1. The molecule has 27 heavy (non-hydrogen) atoms. The molecule has 0 unspecified atom stereocenters. The van der Waals surface area contributed by atoms with Crippen molar-refractivity contribution < 1.29 is 15.0 Å². The van der Waals surface area contributed by atoms with E-state index in [9.17, 15) is 15.0 Å². The van der Waals surface area contributed by atoms with E-state index < -0.39 is 0 Å². The van der Waals surface area contributed by atoms with Gasteiger partial charge in [-0.1, -0.05) is 41.6 Å². The minimum Gasteiger partial charge on any atom is -0.392 e. The summed E-state index contributed by atoms with van der Waals surface area (Å²) in [7, 11) is 0. The molecule has 0 aliphatic rings. The molecule has 0 saturated heterocycles. The van der Waals surface area contributed by atoms with Crippen molar-refractivity contribution in [3.8, 4) is 0 Å². The average molecular weight is 366 g/mol. The van der Waals surface area contributed by atoms with Crippen molar-refractivity contribution in [1.82, 2.24) is 15.0 Å². The molecule has 0 radical (unpaired) electrons. The zero-order valence-electron chi connectivity index (χ0n) is 15.1. The lowest BCUT2D eigenvalue weighted by molar-refractivity contribution is -0.115. The van der Waals surface area contributed by atoms with Crippen molar-refractivity contribution in [2.75, 3.05) is 5.32 Å². The zero-order chi connectivity index (χ0) is 19.2. The summed E-state index contributed by atoms with van der Waals surface area (Å²) in [5.41, 5.74) is 4.37. The monoisotopic (exact) mass is 366 g/mol. The minimum atomic E-state index is -0.217. The van der Waals surface area contributed by atoms with Gasteiger partial charge in [-0.2, -0.15) is 0 Å². The third-order valence-corrected chi connectivity index (χ3v) is 4.41. The van der Waals surface area contributed by atoms with E-state index in [0.29, 0.717) is 29.1 Å². The Kier molecular flexibility index (Phi) is 5.95. The van der Waals surface area contributed by atoms with Crippen molar-refractivity contribution in [1.29, 1.82) is 0 Å². The van der Waals surface area contributed by atoms with Gasteiger partial charge in [-0.25, -0.2) is 4.68 Å². The molecule has 1 amide bonds. The highest BCUT2D eigenvalue weighted by atomic mass is 16.3. The first-order valence-corrected chi connectivity index (χ1v) is 8.67. The molecule has 0 fully saturated rings. The quantitative estimate of drug-likeness (QED) is 0.592. The van der Waals surface area contributed by atoms with Crippen molar-refractivity contribution in [2.45, 2.75) is 33.1 Å². The fourth-order valence-corrected chi connectivity index (χ4v) is 2.83. The first-order chi connectivity index (χ1) is 13.1. The van der Waals surface area contributed by atoms with Crippen LogP contribution in [0.3, 0.4) is 0 Å². The lowest BCUT2D eigenvalue weighted by Crippen LogP contribution is -2.16. The summed E-state index contributed by atoms with van der Waals surface area (Å²) < 4.78 is 1.78. The van der Waals surface area contributed by atoms with Gasteiger partial charge in [0.15, 0.2) is 0 Å². The summed E-state index contributed by atoms with van der Waals surface area (Å²) in [5, 5.41) is 29.7. The molecule has 0 aliphatic heterocycles. The van der Waals surface area contributed by atoms with Gasteiger partial charge in [-0.3, -0.25) is 4.79 Å². The second kappa shape index (κ2) is 8.57. The minimum absolute atomic E-state index is 0.108. The molecule has 0 aliphatic carbocycles. The first kappa shape index (κ1) is 18.8.